The van der Waals surface area contributed by atoms with E-state index in [9.17, 15) is 13.2 Å². The molecule has 1 heterocycles. The van der Waals surface area contributed by atoms with Crippen molar-refractivity contribution in [1.29, 1.82) is 0 Å². The normalized spacial score (nSPS) is 20.6. The van der Waals surface area contributed by atoms with Gasteiger partial charge in [0.05, 0.1) is 13.2 Å². The molecule has 18 heavy (non-hydrogen) atoms. The van der Waals surface area contributed by atoms with Gasteiger partial charge in [0.2, 0.25) is 0 Å². The minimum Gasteiger partial charge on any atom is -0.480 e. The Morgan fingerprint density at radius 3 is 2.22 bits per heavy atom. The Morgan fingerprint density at radius 2 is 1.83 bits per heavy atom. The number of nitrogens with zero attached hydrogens (tertiary/aromatic N) is 1. The number of morpholine rings is 1. The van der Waals surface area contributed by atoms with E-state index in [0.29, 0.717) is 13.2 Å². The SMILES string of the molecule is CC(C)(C)C(NS(=O)(=O)N1CCOCC1)C(=O)O. The number of nitrogens with one attached hydrogen (secondary N) is 1. The zero-order valence-electron chi connectivity index (χ0n) is 10.8. The summed E-state index contributed by atoms with van der Waals surface area (Å²) in [5, 5.41) is 9.10. The van der Waals surface area contributed by atoms with Crippen LogP contribution in [-0.4, -0.2) is 56.1 Å². The van der Waals surface area contributed by atoms with Gasteiger partial charge in [-0.05, 0) is 5.41 Å². The van der Waals surface area contributed by atoms with Crippen LogP contribution in [0.4, 0.5) is 0 Å². The Kier molecular flexibility index (Phi) is 4.71. The van der Waals surface area contributed by atoms with Crippen molar-refractivity contribution in [1.82, 2.24) is 9.03 Å². The highest BCUT2D eigenvalue weighted by Gasteiger charge is 2.37. The summed E-state index contributed by atoms with van der Waals surface area (Å²) >= 11 is 0. The summed E-state index contributed by atoms with van der Waals surface area (Å²) in [6.07, 6.45) is 0. The van der Waals surface area contributed by atoms with E-state index in [-0.39, 0.29) is 13.1 Å². The number of carbonyl (C=O) groups is 1. The van der Waals surface area contributed by atoms with Gasteiger partial charge in [0.15, 0.2) is 0 Å². The number of hydrogen-bond acceptors (Lipinski definition) is 4. The van der Waals surface area contributed by atoms with E-state index in [4.69, 9.17) is 9.84 Å². The second-order valence-corrected chi connectivity index (χ2v) is 6.97. The van der Waals surface area contributed by atoms with Crippen LogP contribution < -0.4 is 4.72 Å². The summed E-state index contributed by atoms with van der Waals surface area (Å²) in [5.41, 5.74) is -0.703. The van der Waals surface area contributed by atoms with Gasteiger partial charge in [-0.25, -0.2) is 0 Å². The number of carboxylic acid groups (broad SMARTS) is 1. The van der Waals surface area contributed by atoms with Gasteiger partial charge in [0.25, 0.3) is 10.2 Å². The van der Waals surface area contributed by atoms with Gasteiger partial charge in [0.1, 0.15) is 6.04 Å². The Labute approximate surface area is 107 Å². The van der Waals surface area contributed by atoms with Crippen LogP contribution in [0.5, 0.6) is 0 Å². The van der Waals surface area contributed by atoms with E-state index in [0.717, 1.165) is 0 Å². The fraction of sp³-hybridized carbons (Fsp3) is 0.900. The third kappa shape index (κ3) is 3.91. The Morgan fingerprint density at radius 1 is 1.33 bits per heavy atom. The standard InChI is InChI=1S/C10H20N2O5S/c1-10(2,3)8(9(13)14)11-18(15,16)12-4-6-17-7-5-12/h8,11H,4-7H2,1-3H3,(H,13,14). The Balaban J connectivity index is 2.82. The van der Waals surface area contributed by atoms with Crippen molar-refractivity contribution in [3.63, 3.8) is 0 Å². The summed E-state index contributed by atoms with van der Waals surface area (Å²) in [5.74, 6) is -1.18. The molecule has 0 bridgehead atoms. The fourth-order valence-corrected chi connectivity index (χ4v) is 3.14. The molecule has 106 valence electrons. The lowest BCUT2D eigenvalue weighted by atomic mass is 9.88. The van der Waals surface area contributed by atoms with Gasteiger partial charge in [-0.3, -0.25) is 4.79 Å². The number of ether oxygens (including phenoxy) is 1. The van der Waals surface area contributed by atoms with Crippen LogP contribution in [0.1, 0.15) is 20.8 Å². The summed E-state index contributed by atoms with van der Waals surface area (Å²) < 4.78 is 32.6. The lowest BCUT2D eigenvalue weighted by Crippen LogP contribution is -2.55. The summed E-state index contributed by atoms with van der Waals surface area (Å²) in [6, 6.07) is -1.16. The molecule has 1 rings (SSSR count). The third-order valence-electron chi connectivity index (χ3n) is 2.69. The minimum atomic E-state index is -3.79. The van der Waals surface area contributed by atoms with Crippen molar-refractivity contribution >= 4 is 16.2 Å². The molecule has 1 aliphatic rings. The average Bonchev–Trinajstić information content (AvgIpc) is 2.25. The van der Waals surface area contributed by atoms with Crippen LogP contribution in [0, 0.1) is 5.41 Å². The maximum absolute atomic E-state index is 12.0. The zero-order valence-corrected chi connectivity index (χ0v) is 11.7. The maximum Gasteiger partial charge on any atom is 0.322 e. The molecule has 1 aliphatic heterocycles. The quantitative estimate of drug-likeness (QED) is 0.734. The highest BCUT2D eigenvalue weighted by Crippen LogP contribution is 2.21. The van der Waals surface area contributed by atoms with E-state index >= 15 is 0 Å². The van der Waals surface area contributed by atoms with Crippen LogP contribution in [0.15, 0.2) is 0 Å². The van der Waals surface area contributed by atoms with Crippen molar-refractivity contribution in [2.75, 3.05) is 26.3 Å². The molecule has 2 N–H and O–H groups in total. The monoisotopic (exact) mass is 280 g/mol. The topological polar surface area (TPSA) is 95.9 Å². The number of rotatable bonds is 4. The molecule has 1 saturated heterocycles. The van der Waals surface area contributed by atoms with Crippen molar-refractivity contribution in [3.05, 3.63) is 0 Å². The number of carboxylic acids is 1. The molecule has 0 aromatic carbocycles. The van der Waals surface area contributed by atoms with Crippen LogP contribution in [0.3, 0.4) is 0 Å². The number of hydrogen-bond donors (Lipinski definition) is 2. The van der Waals surface area contributed by atoms with Gasteiger partial charge in [-0.15, -0.1) is 0 Å². The van der Waals surface area contributed by atoms with Crippen LogP contribution in [-0.2, 0) is 19.7 Å². The van der Waals surface area contributed by atoms with Crippen molar-refractivity contribution in [2.24, 2.45) is 5.41 Å². The largest absolute Gasteiger partial charge is 0.480 e. The number of aliphatic carboxylic acids is 1. The predicted octanol–water partition coefficient (Wildman–Crippen LogP) is -0.348. The molecule has 0 aliphatic carbocycles. The molecule has 0 aromatic heterocycles. The molecule has 7 nitrogen and oxygen atoms in total. The zero-order chi connectivity index (χ0) is 14.0. The molecule has 0 spiro atoms. The Bertz CT molecular complexity index is 395. The predicted molar refractivity (Wildman–Crippen MR) is 65.3 cm³/mol. The summed E-state index contributed by atoms with van der Waals surface area (Å²) in [6.45, 7) is 6.16. The third-order valence-corrected chi connectivity index (χ3v) is 4.27. The van der Waals surface area contributed by atoms with Gasteiger partial charge < -0.3 is 9.84 Å². The molecular formula is C10H20N2O5S. The first-order chi connectivity index (χ1) is 8.14. The first-order valence-electron chi connectivity index (χ1n) is 5.72. The van der Waals surface area contributed by atoms with Crippen LogP contribution >= 0.6 is 0 Å². The highest BCUT2D eigenvalue weighted by molar-refractivity contribution is 7.87. The fourth-order valence-electron chi connectivity index (χ4n) is 1.61. The molecule has 0 saturated carbocycles. The minimum absolute atomic E-state index is 0.242. The van der Waals surface area contributed by atoms with E-state index < -0.39 is 27.6 Å². The smallest absolute Gasteiger partial charge is 0.322 e. The van der Waals surface area contributed by atoms with Crippen molar-refractivity contribution < 1.29 is 23.1 Å². The average molecular weight is 280 g/mol. The second kappa shape index (κ2) is 5.52. The van der Waals surface area contributed by atoms with Crippen LogP contribution in [0.25, 0.3) is 0 Å². The lowest BCUT2D eigenvalue weighted by Gasteiger charge is -2.32. The van der Waals surface area contributed by atoms with Crippen molar-refractivity contribution in [3.8, 4) is 0 Å². The molecule has 0 amide bonds. The van der Waals surface area contributed by atoms with Gasteiger partial charge in [-0.2, -0.15) is 17.4 Å². The maximum atomic E-state index is 12.0. The van der Waals surface area contributed by atoms with Crippen molar-refractivity contribution in [2.45, 2.75) is 26.8 Å². The summed E-state index contributed by atoms with van der Waals surface area (Å²) in [4.78, 5) is 11.1. The van der Waals surface area contributed by atoms with Gasteiger partial charge in [0, 0.05) is 13.1 Å². The molecule has 8 heteroatoms. The molecule has 0 aromatic rings. The van der Waals surface area contributed by atoms with E-state index in [1.54, 1.807) is 20.8 Å². The molecule has 1 unspecified atom stereocenters. The molecule has 0 radical (unpaired) electrons. The van der Waals surface area contributed by atoms with Crippen LogP contribution in [0.2, 0.25) is 0 Å². The first-order valence-corrected chi connectivity index (χ1v) is 7.16. The second-order valence-electron chi connectivity index (χ2n) is 5.27. The van der Waals surface area contributed by atoms with E-state index in [1.165, 1.54) is 4.31 Å². The molecule has 1 atom stereocenters. The Hall–Kier alpha value is -0.700. The molecule has 1 fully saturated rings. The first kappa shape index (κ1) is 15.4. The van der Waals surface area contributed by atoms with E-state index in [1.807, 2.05) is 0 Å². The highest BCUT2D eigenvalue weighted by atomic mass is 32.2. The van der Waals surface area contributed by atoms with Gasteiger partial charge in [-0.1, -0.05) is 20.8 Å². The van der Waals surface area contributed by atoms with E-state index in [2.05, 4.69) is 4.72 Å². The van der Waals surface area contributed by atoms with Gasteiger partial charge >= 0.3 is 5.97 Å². The lowest BCUT2D eigenvalue weighted by molar-refractivity contribution is -0.141. The summed E-state index contributed by atoms with van der Waals surface area (Å²) in [7, 11) is -3.79. The molecular weight excluding hydrogens is 260 g/mol.